The molecule has 6 heteroatoms. The van der Waals surface area contributed by atoms with Crippen molar-refractivity contribution in [3.8, 4) is 11.3 Å². The van der Waals surface area contributed by atoms with Gasteiger partial charge in [-0.2, -0.15) is 0 Å². The summed E-state index contributed by atoms with van der Waals surface area (Å²) in [6.45, 7) is 0. The monoisotopic (exact) mass is 241 g/mol. The van der Waals surface area contributed by atoms with E-state index >= 15 is 0 Å². The molecule has 0 bridgehead atoms. The summed E-state index contributed by atoms with van der Waals surface area (Å²) in [5.74, 6) is -1.95. The molecule has 0 amide bonds. The second kappa shape index (κ2) is 4.02. The van der Waals surface area contributed by atoms with Crippen molar-refractivity contribution in [1.82, 2.24) is 9.97 Å². The first kappa shape index (κ1) is 10.8. The predicted octanol–water partition coefficient (Wildman–Crippen LogP) is 2.66. The predicted molar refractivity (Wildman–Crippen MR) is 56.8 cm³/mol. The summed E-state index contributed by atoms with van der Waals surface area (Å²) >= 11 is 5.78. The minimum atomic E-state index is -1.00. The van der Waals surface area contributed by atoms with Crippen molar-refractivity contribution in [1.29, 1.82) is 0 Å². The molecule has 3 nitrogen and oxygen atoms in total. The standard InChI is InChI=1S/C10H6ClF2N3/c11-6-4-8(13)7(12)3-5(6)9-1-2-15-10(14)16-9/h1-4H,(H2,14,15,16). The fourth-order valence-electron chi connectivity index (χ4n) is 1.24. The quantitative estimate of drug-likeness (QED) is 0.781. The van der Waals surface area contributed by atoms with Gasteiger partial charge < -0.3 is 5.73 Å². The van der Waals surface area contributed by atoms with E-state index in [9.17, 15) is 8.78 Å². The van der Waals surface area contributed by atoms with Crippen molar-refractivity contribution in [2.75, 3.05) is 5.73 Å². The Balaban J connectivity index is 2.60. The Morgan fingerprint density at radius 2 is 1.88 bits per heavy atom. The summed E-state index contributed by atoms with van der Waals surface area (Å²) in [6.07, 6.45) is 1.41. The number of halogens is 3. The van der Waals surface area contributed by atoms with Crippen molar-refractivity contribution in [2.45, 2.75) is 0 Å². The summed E-state index contributed by atoms with van der Waals surface area (Å²) in [6, 6.07) is 3.37. The number of benzene rings is 1. The van der Waals surface area contributed by atoms with Gasteiger partial charge in [-0.05, 0) is 18.2 Å². The van der Waals surface area contributed by atoms with Gasteiger partial charge in [0.25, 0.3) is 0 Å². The summed E-state index contributed by atoms with van der Waals surface area (Å²) < 4.78 is 25.9. The van der Waals surface area contributed by atoms with E-state index in [0.29, 0.717) is 5.69 Å². The van der Waals surface area contributed by atoms with Gasteiger partial charge in [0.1, 0.15) is 0 Å². The van der Waals surface area contributed by atoms with Gasteiger partial charge in [-0.25, -0.2) is 18.7 Å². The van der Waals surface area contributed by atoms with E-state index in [4.69, 9.17) is 17.3 Å². The second-order valence-electron chi connectivity index (χ2n) is 3.05. The summed E-state index contributed by atoms with van der Waals surface area (Å²) in [5, 5.41) is 0.0667. The van der Waals surface area contributed by atoms with E-state index in [2.05, 4.69) is 9.97 Å². The number of aromatic nitrogens is 2. The van der Waals surface area contributed by atoms with Crippen LogP contribution in [0.5, 0.6) is 0 Å². The molecule has 0 atom stereocenters. The van der Waals surface area contributed by atoms with Crippen LogP contribution in [0, 0.1) is 11.6 Å². The van der Waals surface area contributed by atoms with Crippen molar-refractivity contribution >= 4 is 17.5 Å². The zero-order valence-corrected chi connectivity index (χ0v) is 8.67. The molecule has 1 aromatic carbocycles. The molecule has 0 spiro atoms. The molecular formula is C10H6ClF2N3. The topological polar surface area (TPSA) is 51.8 Å². The molecule has 0 fully saturated rings. The first-order valence-electron chi connectivity index (χ1n) is 4.31. The Bertz CT molecular complexity index is 546. The molecule has 0 aliphatic heterocycles. The molecule has 82 valence electrons. The Labute approximate surface area is 94.9 Å². The minimum Gasteiger partial charge on any atom is -0.368 e. The first-order valence-corrected chi connectivity index (χ1v) is 4.69. The average Bonchev–Trinajstić information content (AvgIpc) is 2.23. The fraction of sp³-hybridized carbons (Fsp3) is 0. The molecule has 1 aromatic heterocycles. The SMILES string of the molecule is Nc1nccc(-c2cc(F)c(F)cc2Cl)n1. The lowest BCUT2D eigenvalue weighted by atomic mass is 10.1. The van der Waals surface area contributed by atoms with Crippen LogP contribution in [-0.2, 0) is 0 Å². The van der Waals surface area contributed by atoms with Gasteiger partial charge in [0.15, 0.2) is 11.6 Å². The van der Waals surface area contributed by atoms with E-state index in [1.54, 1.807) is 0 Å². The van der Waals surface area contributed by atoms with Crippen molar-refractivity contribution in [2.24, 2.45) is 0 Å². The Morgan fingerprint density at radius 3 is 2.56 bits per heavy atom. The maximum Gasteiger partial charge on any atom is 0.220 e. The molecule has 2 rings (SSSR count). The Kier molecular flexibility index (Phi) is 2.70. The number of anilines is 1. The van der Waals surface area contributed by atoms with Crippen LogP contribution in [0.2, 0.25) is 5.02 Å². The van der Waals surface area contributed by atoms with Gasteiger partial charge in [-0.1, -0.05) is 11.6 Å². The van der Waals surface area contributed by atoms with Gasteiger partial charge in [-0.3, -0.25) is 0 Å². The fourth-order valence-corrected chi connectivity index (χ4v) is 1.49. The van der Waals surface area contributed by atoms with E-state index in [-0.39, 0.29) is 16.5 Å². The van der Waals surface area contributed by atoms with Crippen LogP contribution in [0.15, 0.2) is 24.4 Å². The van der Waals surface area contributed by atoms with Gasteiger partial charge in [0.2, 0.25) is 5.95 Å². The first-order chi connectivity index (χ1) is 7.58. The average molecular weight is 242 g/mol. The van der Waals surface area contributed by atoms with Crippen LogP contribution in [0.4, 0.5) is 14.7 Å². The van der Waals surface area contributed by atoms with E-state index < -0.39 is 11.6 Å². The van der Waals surface area contributed by atoms with Crippen LogP contribution < -0.4 is 5.73 Å². The molecule has 2 N–H and O–H groups in total. The maximum absolute atomic E-state index is 13.0. The van der Waals surface area contributed by atoms with E-state index in [0.717, 1.165) is 12.1 Å². The molecule has 0 aliphatic rings. The normalized spacial score (nSPS) is 10.4. The van der Waals surface area contributed by atoms with Crippen LogP contribution in [0.1, 0.15) is 0 Å². The highest BCUT2D eigenvalue weighted by molar-refractivity contribution is 6.33. The molecule has 1 heterocycles. The van der Waals surface area contributed by atoms with Crippen LogP contribution in [-0.4, -0.2) is 9.97 Å². The molecule has 0 saturated heterocycles. The molecule has 16 heavy (non-hydrogen) atoms. The summed E-state index contributed by atoms with van der Waals surface area (Å²) in [7, 11) is 0. The van der Waals surface area contributed by atoms with Crippen LogP contribution in [0.25, 0.3) is 11.3 Å². The summed E-state index contributed by atoms with van der Waals surface area (Å²) in [4.78, 5) is 7.56. The van der Waals surface area contributed by atoms with Crippen LogP contribution >= 0.6 is 11.6 Å². The second-order valence-corrected chi connectivity index (χ2v) is 3.45. The third-order valence-electron chi connectivity index (χ3n) is 1.96. The lowest BCUT2D eigenvalue weighted by Crippen LogP contribution is -1.96. The summed E-state index contributed by atoms with van der Waals surface area (Å²) in [5.41, 5.74) is 6.00. The van der Waals surface area contributed by atoms with Gasteiger partial charge >= 0.3 is 0 Å². The number of rotatable bonds is 1. The molecule has 0 aliphatic carbocycles. The zero-order valence-electron chi connectivity index (χ0n) is 7.92. The third-order valence-corrected chi connectivity index (χ3v) is 2.27. The number of nitrogens with zero attached hydrogens (tertiary/aromatic N) is 2. The van der Waals surface area contributed by atoms with Gasteiger partial charge in [0, 0.05) is 11.8 Å². The Morgan fingerprint density at radius 1 is 1.19 bits per heavy atom. The van der Waals surface area contributed by atoms with Crippen LogP contribution in [0.3, 0.4) is 0 Å². The third kappa shape index (κ3) is 1.94. The van der Waals surface area contributed by atoms with Gasteiger partial charge in [0.05, 0.1) is 10.7 Å². The van der Waals surface area contributed by atoms with E-state index in [1.807, 2.05) is 0 Å². The highest BCUT2D eigenvalue weighted by Crippen LogP contribution is 2.28. The molecule has 0 radical (unpaired) electrons. The van der Waals surface area contributed by atoms with Crippen molar-refractivity contribution in [3.63, 3.8) is 0 Å². The zero-order chi connectivity index (χ0) is 11.7. The number of hydrogen-bond acceptors (Lipinski definition) is 3. The largest absolute Gasteiger partial charge is 0.368 e. The number of nitrogen functional groups attached to an aromatic ring is 1. The minimum absolute atomic E-state index is 0.0401. The number of hydrogen-bond donors (Lipinski definition) is 1. The molecule has 0 unspecified atom stereocenters. The highest BCUT2D eigenvalue weighted by Gasteiger charge is 2.11. The maximum atomic E-state index is 13.0. The molecule has 0 saturated carbocycles. The lowest BCUT2D eigenvalue weighted by molar-refractivity contribution is 0.509. The lowest BCUT2D eigenvalue weighted by Gasteiger charge is -2.04. The van der Waals surface area contributed by atoms with Crippen molar-refractivity contribution in [3.05, 3.63) is 41.1 Å². The van der Waals surface area contributed by atoms with E-state index in [1.165, 1.54) is 12.3 Å². The number of nitrogens with two attached hydrogens (primary N) is 1. The van der Waals surface area contributed by atoms with Crippen molar-refractivity contribution < 1.29 is 8.78 Å². The molecular weight excluding hydrogens is 236 g/mol. The highest BCUT2D eigenvalue weighted by atomic mass is 35.5. The Hall–Kier alpha value is -1.75. The molecule has 2 aromatic rings. The van der Waals surface area contributed by atoms with Gasteiger partial charge in [-0.15, -0.1) is 0 Å². The smallest absolute Gasteiger partial charge is 0.220 e.